The van der Waals surface area contributed by atoms with Crippen molar-refractivity contribution in [3.05, 3.63) is 23.8 Å². The minimum absolute atomic E-state index is 0.0474. The van der Waals surface area contributed by atoms with E-state index in [2.05, 4.69) is 5.32 Å². The Labute approximate surface area is 126 Å². The molecule has 0 heterocycles. The van der Waals surface area contributed by atoms with Gasteiger partial charge >= 0.3 is 0 Å². The Bertz CT molecular complexity index is 450. The van der Waals surface area contributed by atoms with E-state index < -0.39 is 0 Å². The lowest BCUT2D eigenvalue weighted by Crippen LogP contribution is -2.23. The molecule has 6 heteroatoms. The number of hydrogen-bond donors (Lipinski definition) is 2. The topological polar surface area (TPSA) is 76.8 Å². The standard InChI is InChI=1S/C15H25N3O3/c1-18(2)15(19)13-6-5-12(16)11-14(13)17-7-4-8-21-10-9-20-3/h5-6,11,17H,4,7-10,16H2,1-3H3. The molecule has 0 spiro atoms. The SMILES string of the molecule is COCCOCCCNc1cc(N)ccc1C(=O)N(C)C. The number of nitrogens with one attached hydrogen (secondary N) is 1. The van der Waals surface area contributed by atoms with Crippen molar-refractivity contribution in [2.75, 3.05) is 58.6 Å². The molecule has 0 saturated carbocycles. The zero-order valence-corrected chi connectivity index (χ0v) is 13.0. The minimum Gasteiger partial charge on any atom is -0.399 e. The van der Waals surface area contributed by atoms with Crippen molar-refractivity contribution in [3.8, 4) is 0 Å². The van der Waals surface area contributed by atoms with E-state index in [1.165, 1.54) is 0 Å². The number of anilines is 2. The molecule has 0 fully saturated rings. The van der Waals surface area contributed by atoms with Crippen LogP contribution in [0.15, 0.2) is 18.2 Å². The van der Waals surface area contributed by atoms with E-state index in [0.717, 1.165) is 12.1 Å². The smallest absolute Gasteiger partial charge is 0.255 e. The van der Waals surface area contributed by atoms with Crippen LogP contribution in [0.3, 0.4) is 0 Å². The second-order valence-corrected chi connectivity index (χ2v) is 4.89. The fraction of sp³-hybridized carbons (Fsp3) is 0.533. The predicted molar refractivity (Wildman–Crippen MR) is 84.7 cm³/mol. The van der Waals surface area contributed by atoms with Gasteiger partial charge in [-0.1, -0.05) is 0 Å². The highest BCUT2D eigenvalue weighted by Crippen LogP contribution is 2.20. The molecule has 0 aromatic heterocycles. The summed E-state index contributed by atoms with van der Waals surface area (Å²) in [7, 11) is 5.10. The van der Waals surface area contributed by atoms with Crippen LogP contribution in [-0.2, 0) is 9.47 Å². The molecule has 1 aromatic rings. The van der Waals surface area contributed by atoms with E-state index in [-0.39, 0.29) is 5.91 Å². The van der Waals surface area contributed by atoms with Crippen molar-refractivity contribution in [1.29, 1.82) is 0 Å². The lowest BCUT2D eigenvalue weighted by atomic mass is 10.1. The average Bonchev–Trinajstić information content (AvgIpc) is 2.45. The van der Waals surface area contributed by atoms with E-state index in [4.69, 9.17) is 15.2 Å². The maximum Gasteiger partial charge on any atom is 0.255 e. The molecule has 0 aliphatic carbocycles. The second-order valence-electron chi connectivity index (χ2n) is 4.89. The molecule has 0 aliphatic heterocycles. The van der Waals surface area contributed by atoms with Crippen molar-refractivity contribution >= 4 is 17.3 Å². The summed E-state index contributed by atoms with van der Waals surface area (Å²) < 4.78 is 10.3. The minimum atomic E-state index is -0.0474. The molecule has 1 rings (SSSR count). The highest BCUT2D eigenvalue weighted by Gasteiger charge is 2.13. The molecule has 1 aromatic carbocycles. The number of methoxy groups -OCH3 is 1. The zero-order chi connectivity index (χ0) is 15.7. The molecule has 118 valence electrons. The third kappa shape index (κ3) is 6.01. The quantitative estimate of drug-likeness (QED) is 0.532. The van der Waals surface area contributed by atoms with Crippen molar-refractivity contribution in [2.45, 2.75) is 6.42 Å². The number of carbonyl (C=O) groups is 1. The number of rotatable bonds is 9. The van der Waals surface area contributed by atoms with Gasteiger partial charge in [-0.3, -0.25) is 4.79 Å². The lowest BCUT2D eigenvalue weighted by Gasteiger charge is -2.16. The van der Waals surface area contributed by atoms with Crippen molar-refractivity contribution in [3.63, 3.8) is 0 Å². The van der Waals surface area contributed by atoms with Crippen LogP contribution in [-0.4, -0.2) is 58.4 Å². The van der Waals surface area contributed by atoms with Crippen LogP contribution in [0.5, 0.6) is 0 Å². The second kappa shape index (κ2) is 9.20. The van der Waals surface area contributed by atoms with E-state index in [0.29, 0.717) is 37.6 Å². The fourth-order valence-electron chi connectivity index (χ4n) is 1.78. The number of ether oxygens (including phenoxy) is 2. The van der Waals surface area contributed by atoms with Gasteiger partial charge in [0, 0.05) is 45.7 Å². The Morgan fingerprint density at radius 1 is 1.29 bits per heavy atom. The molecular formula is C15H25N3O3. The van der Waals surface area contributed by atoms with Crippen molar-refractivity contribution in [1.82, 2.24) is 4.90 Å². The van der Waals surface area contributed by atoms with Gasteiger partial charge in [-0.25, -0.2) is 0 Å². The van der Waals surface area contributed by atoms with Gasteiger partial charge in [-0.05, 0) is 24.6 Å². The molecule has 3 N–H and O–H groups in total. The summed E-state index contributed by atoms with van der Waals surface area (Å²) in [6.07, 6.45) is 0.841. The Morgan fingerprint density at radius 3 is 2.71 bits per heavy atom. The van der Waals surface area contributed by atoms with Gasteiger partial charge in [0.05, 0.1) is 18.8 Å². The first-order valence-corrected chi connectivity index (χ1v) is 6.98. The van der Waals surface area contributed by atoms with E-state index in [9.17, 15) is 4.79 Å². The normalized spacial score (nSPS) is 10.4. The summed E-state index contributed by atoms with van der Waals surface area (Å²) in [6, 6.07) is 5.26. The molecule has 0 atom stereocenters. The van der Waals surface area contributed by atoms with Crippen LogP contribution in [0.2, 0.25) is 0 Å². The maximum atomic E-state index is 12.1. The van der Waals surface area contributed by atoms with Gasteiger partial charge in [0.15, 0.2) is 0 Å². The number of nitrogen functional groups attached to an aromatic ring is 1. The van der Waals surface area contributed by atoms with E-state index in [1.807, 2.05) is 0 Å². The van der Waals surface area contributed by atoms with Crippen molar-refractivity contribution in [2.24, 2.45) is 0 Å². The number of amides is 1. The monoisotopic (exact) mass is 295 g/mol. The lowest BCUT2D eigenvalue weighted by molar-refractivity contribution is 0.0705. The summed E-state index contributed by atoms with van der Waals surface area (Å²) in [5.41, 5.74) is 7.79. The zero-order valence-electron chi connectivity index (χ0n) is 13.0. The van der Waals surface area contributed by atoms with Crippen LogP contribution in [0.25, 0.3) is 0 Å². The van der Waals surface area contributed by atoms with E-state index >= 15 is 0 Å². The third-order valence-corrected chi connectivity index (χ3v) is 2.89. The van der Waals surface area contributed by atoms with Gasteiger partial charge in [-0.15, -0.1) is 0 Å². The first-order valence-electron chi connectivity index (χ1n) is 6.98. The van der Waals surface area contributed by atoms with Gasteiger partial charge < -0.3 is 25.4 Å². The molecule has 0 unspecified atom stereocenters. The fourth-order valence-corrected chi connectivity index (χ4v) is 1.78. The number of benzene rings is 1. The van der Waals surface area contributed by atoms with Crippen LogP contribution >= 0.6 is 0 Å². The van der Waals surface area contributed by atoms with Gasteiger partial charge in [0.1, 0.15) is 0 Å². The van der Waals surface area contributed by atoms with Gasteiger partial charge in [-0.2, -0.15) is 0 Å². The van der Waals surface area contributed by atoms with Crippen LogP contribution < -0.4 is 11.1 Å². The number of nitrogens with two attached hydrogens (primary N) is 1. The van der Waals surface area contributed by atoms with E-state index in [1.54, 1.807) is 44.3 Å². The summed E-state index contributed by atoms with van der Waals surface area (Å²) >= 11 is 0. The first kappa shape index (κ1) is 17.3. The summed E-state index contributed by atoms with van der Waals surface area (Å²) in [5.74, 6) is -0.0474. The Kier molecular flexibility index (Phi) is 7.56. The molecule has 0 aliphatic rings. The summed E-state index contributed by atoms with van der Waals surface area (Å²) in [5, 5.41) is 3.24. The first-order chi connectivity index (χ1) is 10.1. The molecule has 0 saturated heterocycles. The predicted octanol–water partition coefficient (Wildman–Crippen LogP) is 1.44. The molecule has 1 amide bonds. The summed E-state index contributed by atoms with van der Waals surface area (Å²) in [6.45, 7) is 2.56. The highest BCUT2D eigenvalue weighted by atomic mass is 16.5. The Morgan fingerprint density at radius 2 is 2.05 bits per heavy atom. The molecule has 21 heavy (non-hydrogen) atoms. The largest absolute Gasteiger partial charge is 0.399 e. The molecule has 0 radical (unpaired) electrons. The number of hydrogen-bond acceptors (Lipinski definition) is 5. The van der Waals surface area contributed by atoms with Gasteiger partial charge in [0.2, 0.25) is 0 Å². The molecular weight excluding hydrogens is 270 g/mol. The van der Waals surface area contributed by atoms with Crippen LogP contribution in [0.4, 0.5) is 11.4 Å². The van der Waals surface area contributed by atoms with Crippen LogP contribution in [0, 0.1) is 0 Å². The third-order valence-electron chi connectivity index (χ3n) is 2.89. The Hall–Kier alpha value is -1.79. The van der Waals surface area contributed by atoms with Crippen molar-refractivity contribution < 1.29 is 14.3 Å². The molecule has 0 bridgehead atoms. The maximum absolute atomic E-state index is 12.1. The number of carbonyl (C=O) groups excluding carboxylic acids is 1. The highest BCUT2D eigenvalue weighted by molar-refractivity contribution is 5.99. The van der Waals surface area contributed by atoms with Crippen LogP contribution in [0.1, 0.15) is 16.8 Å². The molecule has 6 nitrogen and oxygen atoms in total. The summed E-state index contributed by atoms with van der Waals surface area (Å²) in [4.78, 5) is 13.6. The average molecular weight is 295 g/mol. The van der Waals surface area contributed by atoms with Gasteiger partial charge in [0.25, 0.3) is 5.91 Å². The Balaban J connectivity index is 2.50. The number of nitrogens with zero attached hydrogens (tertiary/aromatic N) is 1.